The van der Waals surface area contributed by atoms with Gasteiger partial charge in [-0.1, -0.05) is 6.58 Å². The molecular formula is C28H35N7O3. The van der Waals surface area contributed by atoms with Crippen LogP contribution in [0, 0.1) is 0 Å². The summed E-state index contributed by atoms with van der Waals surface area (Å²) in [6.07, 6.45) is 4.77. The van der Waals surface area contributed by atoms with Crippen LogP contribution >= 0.6 is 0 Å². The molecule has 2 saturated heterocycles. The number of aryl methyl sites for hydroxylation is 1. The van der Waals surface area contributed by atoms with Crippen LogP contribution in [-0.4, -0.2) is 87.8 Å². The highest BCUT2D eigenvalue weighted by Crippen LogP contribution is 2.31. The number of amides is 1. The van der Waals surface area contributed by atoms with E-state index in [1.54, 1.807) is 28.8 Å². The molecule has 0 radical (unpaired) electrons. The molecule has 1 unspecified atom stereocenters. The molecule has 1 aromatic carbocycles. The van der Waals surface area contributed by atoms with Gasteiger partial charge in [0.25, 0.3) is 5.56 Å². The van der Waals surface area contributed by atoms with Gasteiger partial charge in [-0.05, 0) is 48.7 Å². The van der Waals surface area contributed by atoms with Crippen LogP contribution in [0.3, 0.4) is 0 Å². The lowest BCUT2D eigenvalue weighted by Gasteiger charge is -2.35. The number of piperidine rings is 1. The molecule has 200 valence electrons. The first-order chi connectivity index (χ1) is 18.5. The van der Waals surface area contributed by atoms with Crippen molar-refractivity contribution in [1.29, 1.82) is 0 Å². The summed E-state index contributed by atoms with van der Waals surface area (Å²) >= 11 is 0. The van der Waals surface area contributed by atoms with Crippen LogP contribution in [0.25, 0.3) is 11.0 Å². The second-order valence-electron chi connectivity index (χ2n) is 9.98. The van der Waals surface area contributed by atoms with E-state index in [9.17, 15) is 9.59 Å². The molecule has 2 aliphatic heterocycles. The second-order valence-corrected chi connectivity index (χ2v) is 9.98. The number of fused-ring (bicyclic) bond motifs is 1. The summed E-state index contributed by atoms with van der Waals surface area (Å²) in [5.74, 6) is 0.386. The van der Waals surface area contributed by atoms with E-state index in [1.165, 1.54) is 6.08 Å². The lowest BCUT2D eigenvalue weighted by atomic mass is 9.90. The molecule has 10 heteroatoms. The fraction of sp³-hybridized carbons (Fsp3) is 0.429. The summed E-state index contributed by atoms with van der Waals surface area (Å²) in [5.41, 5.74) is 4.16. The Morgan fingerprint density at radius 2 is 1.95 bits per heavy atom. The van der Waals surface area contributed by atoms with Crippen molar-refractivity contribution < 1.29 is 9.90 Å². The molecule has 0 spiro atoms. The van der Waals surface area contributed by atoms with Gasteiger partial charge in [0.1, 0.15) is 0 Å². The Labute approximate surface area is 222 Å². The molecule has 2 aromatic heterocycles. The molecule has 2 aliphatic rings. The molecular weight excluding hydrogens is 482 g/mol. The van der Waals surface area contributed by atoms with Gasteiger partial charge in [-0.3, -0.25) is 14.5 Å². The number of carbonyl (C=O) groups is 1. The van der Waals surface area contributed by atoms with Crippen LogP contribution in [0.15, 0.2) is 54.0 Å². The summed E-state index contributed by atoms with van der Waals surface area (Å²) in [4.78, 5) is 40.7. The topological polar surface area (TPSA) is 107 Å². The SMILES string of the molecule is C=CC(=O)N1CCCC(c2cc(=O)n(C)c3cnc(Nc4ccc(N5CCN(CCO)CC5)cc4)nc23)C1. The quantitative estimate of drug-likeness (QED) is 0.459. The van der Waals surface area contributed by atoms with Crippen molar-refractivity contribution in [2.75, 3.05) is 62.6 Å². The van der Waals surface area contributed by atoms with Crippen molar-refractivity contribution in [3.63, 3.8) is 0 Å². The molecule has 0 bridgehead atoms. The molecule has 0 saturated carbocycles. The number of anilines is 3. The highest BCUT2D eigenvalue weighted by molar-refractivity contribution is 5.87. The number of aliphatic hydroxyl groups excluding tert-OH is 1. The number of benzene rings is 1. The van der Waals surface area contributed by atoms with Crippen LogP contribution < -0.4 is 15.8 Å². The van der Waals surface area contributed by atoms with Crippen molar-refractivity contribution in [3.05, 3.63) is 65.1 Å². The van der Waals surface area contributed by atoms with Gasteiger partial charge in [0.05, 0.1) is 23.8 Å². The van der Waals surface area contributed by atoms with E-state index in [2.05, 4.69) is 38.8 Å². The lowest BCUT2D eigenvalue weighted by molar-refractivity contribution is -0.127. The first-order valence-electron chi connectivity index (χ1n) is 13.2. The largest absolute Gasteiger partial charge is 0.395 e. The molecule has 1 amide bonds. The third-order valence-electron chi connectivity index (χ3n) is 7.64. The van der Waals surface area contributed by atoms with E-state index >= 15 is 0 Å². The third kappa shape index (κ3) is 5.41. The highest BCUT2D eigenvalue weighted by atomic mass is 16.3. The Balaban J connectivity index is 1.36. The highest BCUT2D eigenvalue weighted by Gasteiger charge is 2.26. The van der Waals surface area contributed by atoms with E-state index in [-0.39, 0.29) is 24.0 Å². The van der Waals surface area contributed by atoms with Gasteiger partial charge >= 0.3 is 0 Å². The van der Waals surface area contributed by atoms with Crippen LogP contribution in [0.5, 0.6) is 0 Å². The summed E-state index contributed by atoms with van der Waals surface area (Å²) < 4.78 is 1.56. The number of rotatable bonds is 7. The zero-order chi connectivity index (χ0) is 26.6. The Hall–Kier alpha value is -3.76. The summed E-state index contributed by atoms with van der Waals surface area (Å²) in [7, 11) is 1.72. The van der Waals surface area contributed by atoms with Crippen molar-refractivity contribution in [2.24, 2.45) is 7.05 Å². The van der Waals surface area contributed by atoms with Gasteiger partial charge in [-0.25, -0.2) is 9.97 Å². The minimum atomic E-state index is -0.114. The van der Waals surface area contributed by atoms with Crippen LogP contribution in [0.1, 0.15) is 24.3 Å². The summed E-state index contributed by atoms with van der Waals surface area (Å²) in [6, 6.07) is 9.87. The average molecular weight is 518 g/mol. The average Bonchev–Trinajstić information content (AvgIpc) is 2.95. The van der Waals surface area contributed by atoms with E-state index < -0.39 is 0 Å². The number of likely N-dealkylation sites (tertiary alicyclic amines) is 1. The van der Waals surface area contributed by atoms with E-state index in [4.69, 9.17) is 10.1 Å². The third-order valence-corrected chi connectivity index (χ3v) is 7.64. The molecule has 10 nitrogen and oxygen atoms in total. The summed E-state index contributed by atoms with van der Waals surface area (Å²) in [6.45, 7) is 9.51. The zero-order valence-electron chi connectivity index (χ0n) is 21.8. The van der Waals surface area contributed by atoms with Gasteiger partial charge in [0.15, 0.2) is 0 Å². The first-order valence-corrected chi connectivity index (χ1v) is 13.2. The number of piperazine rings is 1. The number of nitrogens with one attached hydrogen (secondary N) is 1. The molecule has 5 rings (SSSR count). The van der Waals surface area contributed by atoms with Gasteiger partial charge in [0, 0.05) is 76.2 Å². The summed E-state index contributed by atoms with van der Waals surface area (Å²) in [5, 5.41) is 12.5. The fourth-order valence-electron chi connectivity index (χ4n) is 5.44. The Kier molecular flexibility index (Phi) is 7.71. The molecule has 2 N–H and O–H groups in total. The number of hydrogen-bond acceptors (Lipinski definition) is 8. The van der Waals surface area contributed by atoms with Gasteiger partial charge in [0.2, 0.25) is 11.9 Å². The van der Waals surface area contributed by atoms with Gasteiger partial charge in [-0.15, -0.1) is 0 Å². The molecule has 0 aliphatic carbocycles. The standard InChI is InChI=1S/C28H35N7O3/c1-3-25(37)35-10-4-5-20(19-35)23-17-26(38)32(2)24-18-29-28(31-27(23)24)30-21-6-8-22(9-7-21)34-13-11-33(12-14-34)15-16-36/h3,6-9,17-18,20,36H,1,4-5,10-16,19H2,2H3,(H,29,30,31). The Morgan fingerprint density at radius 3 is 2.66 bits per heavy atom. The number of aliphatic hydroxyl groups is 1. The van der Waals surface area contributed by atoms with Crippen molar-refractivity contribution in [1.82, 2.24) is 24.3 Å². The maximum atomic E-state index is 12.7. The molecule has 3 aromatic rings. The fourth-order valence-corrected chi connectivity index (χ4v) is 5.44. The van der Waals surface area contributed by atoms with Crippen LogP contribution in [-0.2, 0) is 11.8 Å². The molecule has 4 heterocycles. The number of nitrogens with zero attached hydrogens (tertiary/aromatic N) is 6. The molecule has 1 atom stereocenters. The molecule has 38 heavy (non-hydrogen) atoms. The van der Waals surface area contributed by atoms with Crippen LogP contribution in [0.4, 0.5) is 17.3 Å². The number of hydrogen-bond donors (Lipinski definition) is 2. The molecule has 2 fully saturated rings. The van der Waals surface area contributed by atoms with Crippen LogP contribution in [0.2, 0.25) is 0 Å². The minimum absolute atomic E-state index is 0.0175. The number of carbonyl (C=O) groups excluding carboxylic acids is 1. The van der Waals surface area contributed by atoms with Crippen molar-refractivity contribution in [2.45, 2.75) is 18.8 Å². The number of β-amino-alcohol motifs (C(OH)–C–C–N with tert-alkyl or cyclic N) is 1. The Morgan fingerprint density at radius 1 is 1.18 bits per heavy atom. The lowest BCUT2D eigenvalue weighted by Crippen LogP contribution is -2.47. The number of pyridine rings is 1. The smallest absolute Gasteiger partial charge is 0.251 e. The minimum Gasteiger partial charge on any atom is -0.395 e. The van der Waals surface area contributed by atoms with Crippen molar-refractivity contribution in [3.8, 4) is 0 Å². The predicted octanol–water partition coefficient (Wildman–Crippen LogP) is 2.08. The zero-order valence-corrected chi connectivity index (χ0v) is 21.8. The van der Waals surface area contributed by atoms with E-state index in [0.29, 0.717) is 24.6 Å². The maximum absolute atomic E-state index is 12.7. The monoisotopic (exact) mass is 517 g/mol. The predicted molar refractivity (Wildman–Crippen MR) is 149 cm³/mol. The first kappa shape index (κ1) is 25.9. The second kappa shape index (κ2) is 11.3. The van der Waals surface area contributed by atoms with Gasteiger partial charge in [-0.2, -0.15) is 0 Å². The number of aromatic nitrogens is 3. The van der Waals surface area contributed by atoms with Crippen molar-refractivity contribution >= 4 is 34.3 Å². The Bertz CT molecular complexity index is 1360. The van der Waals surface area contributed by atoms with E-state index in [1.807, 2.05) is 12.1 Å². The van der Waals surface area contributed by atoms with E-state index in [0.717, 1.165) is 68.0 Å². The normalized spacial score (nSPS) is 18.5. The maximum Gasteiger partial charge on any atom is 0.251 e. The van der Waals surface area contributed by atoms with Gasteiger partial charge < -0.3 is 24.8 Å².